The number of hydrogen-bond donors (Lipinski definition) is 4. The maximum Gasteiger partial charge on any atom is 0.315 e. The van der Waals surface area contributed by atoms with Crippen LogP contribution in [-0.4, -0.2) is 123 Å². The SMILES string of the molecule is CN(C)S(=O)(=O)N(C)C[C@@H](NC(=O)N[C@H](C(=O)N1C[C@]2(C[C@H]1C(=O)N[C@@H](CC1CCC1)C(=O)C(N)=O)C(C)(C)C21COC1)C(C)(C)C)C(C)(C)C. The lowest BCUT2D eigenvalue weighted by atomic mass is 9.80. The second kappa shape index (κ2) is 13.9. The molecule has 2 aliphatic heterocycles. The first-order valence-corrected chi connectivity index (χ1v) is 19.4. The van der Waals surface area contributed by atoms with Crippen molar-refractivity contribution in [3.05, 3.63) is 0 Å². The molecule has 4 rings (SSSR count). The van der Waals surface area contributed by atoms with E-state index in [2.05, 4.69) is 29.8 Å². The van der Waals surface area contributed by atoms with Gasteiger partial charge in [-0.2, -0.15) is 17.0 Å². The van der Waals surface area contributed by atoms with Crippen molar-refractivity contribution >= 4 is 39.7 Å². The molecular weight excluding hydrogens is 678 g/mol. The molecule has 0 aromatic heterocycles. The van der Waals surface area contributed by atoms with Crippen LogP contribution in [0.5, 0.6) is 0 Å². The summed E-state index contributed by atoms with van der Waals surface area (Å²) < 4.78 is 33.5. The first-order chi connectivity index (χ1) is 23.2. The van der Waals surface area contributed by atoms with Crippen molar-refractivity contribution in [1.82, 2.24) is 29.5 Å². The third-order valence-electron chi connectivity index (χ3n) is 12.6. The van der Waals surface area contributed by atoms with Gasteiger partial charge in [0.2, 0.25) is 17.6 Å². The zero-order valence-electron chi connectivity index (χ0n) is 32.3. The fraction of sp³-hybridized carbons (Fsp3) is 0.857. The van der Waals surface area contributed by atoms with E-state index in [-0.39, 0.29) is 29.8 Å². The van der Waals surface area contributed by atoms with E-state index in [9.17, 15) is 32.4 Å². The van der Waals surface area contributed by atoms with Crippen molar-refractivity contribution in [2.45, 2.75) is 112 Å². The molecule has 0 bridgehead atoms. The van der Waals surface area contributed by atoms with Gasteiger partial charge in [-0.25, -0.2) is 4.79 Å². The first kappa shape index (κ1) is 40.9. The summed E-state index contributed by atoms with van der Waals surface area (Å²) in [6.07, 6.45) is 3.44. The average molecular weight is 740 g/mol. The van der Waals surface area contributed by atoms with E-state index in [1.54, 1.807) is 0 Å². The molecule has 2 saturated carbocycles. The van der Waals surface area contributed by atoms with Crippen LogP contribution in [0.25, 0.3) is 0 Å². The number of primary amides is 1. The highest BCUT2D eigenvalue weighted by Crippen LogP contribution is 2.84. The summed E-state index contributed by atoms with van der Waals surface area (Å²) in [5, 5.41) is 8.59. The molecule has 51 heavy (non-hydrogen) atoms. The van der Waals surface area contributed by atoms with E-state index < -0.39 is 80.2 Å². The number of nitrogens with zero attached hydrogens (tertiary/aromatic N) is 3. The first-order valence-electron chi connectivity index (χ1n) is 18.0. The van der Waals surface area contributed by atoms with Gasteiger partial charge in [0, 0.05) is 51.1 Å². The number of carbonyl (C=O) groups is 5. The van der Waals surface area contributed by atoms with E-state index >= 15 is 0 Å². The maximum atomic E-state index is 14.8. The van der Waals surface area contributed by atoms with Gasteiger partial charge < -0.3 is 31.3 Å². The Balaban J connectivity index is 1.61. The van der Waals surface area contributed by atoms with Crippen molar-refractivity contribution < 1.29 is 37.1 Å². The Bertz CT molecular complexity index is 1510. The Kier molecular flexibility index (Phi) is 11.1. The van der Waals surface area contributed by atoms with Gasteiger partial charge in [-0.15, -0.1) is 0 Å². The van der Waals surface area contributed by atoms with Gasteiger partial charge in [-0.05, 0) is 35.0 Å². The fourth-order valence-electron chi connectivity index (χ4n) is 8.42. The summed E-state index contributed by atoms with van der Waals surface area (Å²) in [5.41, 5.74) is 3.11. The van der Waals surface area contributed by atoms with Crippen LogP contribution in [0.3, 0.4) is 0 Å². The lowest BCUT2D eigenvalue weighted by molar-refractivity contribution is -0.143. The largest absolute Gasteiger partial charge is 0.380 e. The number of ether oxygens (including phenoxy) is 1. The summed E-state index contributed by atoms with van der Waals surface area (Å²) in [5.74, 6) is -2.78. The maximum absolute atomic E-state index is 14.8. The fourth-order valence-corrected chi connectivity index (χ4v) is 9.31. The average Bonchev–Trinajstić information content (AvgIpc) is 3.18. The number of urea groups is 1. The van der Waals surface area contributed by atoms with Crippen molar-refractivity contribution in [2.75, 3.05) is 47.4 Å². The minimum atomic E-state index is -3.76. The number of Topliss-reactive ketones (excluding diaryl/α,β-unsaturated/α-hetero) is 1. The number of ketones is 1. The molecule has 0 radical (unpaired) electrons. The molecule has 5 amide bonds. The quantitative estimate of drug-likeness (QED) is 0.202. The van der Waals surface area contributed by atoms with Crippen LogP contribution in [0.2, 0.25) is 0 Å². The van der Waals surface area contributed by atoms with Gasteiger partial charge in [-0.3, -0.25) is 19.2 Å². The topological polar surface area (TPSA) is 201 Å². The van der Waals surface area contributed by atoms with E-state index in [0.717, 1.165) is 23.6 Å². The Morgan fingerprint density at radius 3 is 1.92 bits per heavy atom. The third kappa shape index (κ3) is 7.39. The van der Waals surface area contributed by atoms with E-state index in [0.29, 0.717) is 26.1 Å². The van der Waals surface area contributed by atoms with E-state index in [1.165, 1.54) is 30.3 Å². The Labute approximate surface area is 303 Å². The minimum Gasteiger partial charge on any atom is -0.380 e. The highest BCUT2D eigenvalue weighted by atomic mass is 32.2. The molecule has 5 N–H and O–H groups in total. The second-order valence-electron chi connectivity index (χ2n) is 18.2. The van der Waals surface area contributed by atoms with Crippen molar-refractivity contribution in [3.63, 3.8) is 0 Å². The van der Waals surface area contributed by atoms with Crippen LogP contribution in [0.15, 0.2) is 0 Å². The third-order valence-corrected chi connectivity index (χ3v) is 14.5. The zero-order chi connectivity index (χ0) is 38.7. The predicted octanol–water partition coefficient (Wildman–Crippen LogP) is 1.23. The number of carbonyl (C=O) groups excluding carboxylic acids is 5. The number of nitrogens with two attached hydrogens (primary N) is 1. The smallest absolute Gasteiger partial charge is 0.315 e. The lowest BCUT2D eigenvalue weighted by Crippen LogP contribution is -2.62. The molecule has 2 heterocycles. The molecule has 4 fully saturated rings. The van der Waals surface area contributed by atoms with Crippen LogP contribution in [-0.2, 0) is 34.1 Å². The summed E-state index contributed by atoms with van der Waals surface area (Å²) in [6, 6.07) is -4.43. The molecule has 290 valence electrons. The molecule has 0 unspecified atom stereocenters. The number of hydrogen-bond acceptors (Lipinski definition) is 8. The van der Waals surface area contributed by atoms with Gasteiger partial charge in [0.25, 0.3) is 16.1 Å². The predicted molar refractivity (Wildman–Crippen MR) is 191 cm³/mol. The number of nitrogens with one attached hydrogen (secondary N) is 3. The zero-order valence-corrected chi connectivity index (χ0v) is 33.2. The number of likely N-dealkylation sites (N-methyl/N-ethyl adjacent to an activating group) is 1. The summed E-state index contributed by atoms with van der Waals surface area (Å²) in [4.78, 5) is 69.1. The molecule has 15 nitrogen and oxygen atoms in total. The highest BCUT2D eigenvalue weighted by Gasteiger charge is 2.86. The molecule has 4 aliphatic rings. The monoisotopic (exact) mass is 739 g/mol. The Morgan fingerprint density at radius 1 is 0.922 bits per heavy atom. The highest BCUT2D eigenvalue weighted by molar-refractivity contribution is 7.86. The van der Waals surface area contributed by atoms with Crippen LogP contribution < -0.4 is 21.7 Å². The Hall–Kier alpha value is -2.82. The van der Waals surface area contributed by atoms with Crippen LogP contribution in [0, 0.1) is 33.0 Å². The molecule has 2 spiro atoms. The molecule has 16 heteroatoms. The van der Waals surface area contributed by atoms with Crippen LogP contribution in [0.4, 0.5) is 4.79 Å². The van der Waals surface area contributed by atoms with E-state index in [4.69, 9.17) is 10.5 Å². The number of likely N-dealkylation sites (tertiary alicyclic amines) is 1. The van der Waals surface area contributed by atoms with Gasteiger partial charge in [0.15, 0.2) is 0 Å². The molecule has 2 saturated heterocycles. The molecule has 0 aromatic carbocycles. The summed E-state index contributed by atoms with van der Waals surface area (Å²) >= 11 is 0. The van der Waals surface area contributed by atoms with Crippen molar-refractivity contribution in [2.24, 2.45) is 38.7 Å². The van der Waals surface area contributed by atoms with Gasteiger partial charge in [0.05, 0.1) is 19.3 Å². The van der Waals surface area contributed by atoms with Gasteiger partial charge in [-0.1, -0.05) is 74.7 Å². The molecular formula is C35H61N7O8S. The van der Waals surface area contributed by atoms with Crippen molar-refractivity contribution in [1.29, 1.82) is 0 Å². The standard InChI is InChI=1S/C35H61N7O8S/c1-31(2,3)24(17-41(11)51(48,49)40(9)10)38-30(47)39-26(32(4,5)6)29(46)42-18-34(33(7,8)35(34)19-50-20-35)16-23(42)28(45)37-22(25(43)27(36)44)15-21-13-12-14-21/h21-24,26H,12-20H2,1-11H3,(H2,36,44)(H,37,45)(H2,38,39,47)/t22-,23-,24+,26+,34+/m0/s1. The van der Waals surface area contributed by atoms with Gasteiger partial charge >= 0.3 is 6.03 Å². The van der Waals surface area contributed by atoms with Crippen LogP contribution >= 0.6 is 0 Å². The lowest BCUT2D eigenvalue weighted by Gasteiger charge is -2.38. The minimum absolute atomic E-state index is 0.0201. The van der Waals surface area contributed by atoms with E-state index in [1.807, 2.05) is 41.5 Å². The number of fused-ring (bicyclic) bond motifs is 1. The number of rotatable bonds is 13. The van der Waals surface area contributed by atoms with Crippen molar-refractivity contribution in [3.8, 4) is 0 Å². The summed E-state index contributed by atoms with van der Waals surface area (Å²) in [7, 11) is 0.544. The summed E-state index contributed by atoms with van der Waals surface area (Å²) in [6.45, 7) is 16.6. The molecule has 5 atom stereocenters. The molecule has 0 aromatic rings. The second-order valence-corrected chi connectivity index (χ2v) is 20.4. The normalized spacial score (nSPS) is 25.9. The van der Waals surface area contributed by atoms with Crippen LogP contribution in [0.1, 0.15) is 87.5 Å². The number of amides is 5. The molecule has 2 aliphatic carbocycles. The Morgan fingerprint density at radius 2 is 1.51 bits per heavy atom. The van der Waals surface area contributed by atoms with Gasteiger partial charge in [0.1, 0.15) is 12.1 Å².